The van der Waals surface area contributed by atoms with Gasteiger partial charge < -0.3 is 16.0 Å². The molecule has 0 aromatic heterocycles. The summed E-state index contributed by atoms with van der Waals surface area (Å²) in [6, 6.07) is -0.177. The third-order valence-corrected chi connectivity index (χ3v) is 3.89. The molecule has 118 valence electrons. The predicted molar refractivity (Wildman–Crippen MR) is 77.6 cm³/mol. The Bertz CT molecular complexity index is 430. The number of nitrogens with one attached hydrogen (secondary N) is 3. The van der Waals surface area contributed by atoms with Crippen LogP contribution in [0.4, 0.5) is 4.79 Å². The second kappa shape index (κ2) is 6.43. The molecule has 7 heteroatoms. The maximum absolute atomic E-state index is 12.0. The lowest BCUT2D eigenvalue weighted by atomic mass is 10.1. The van der Waals surface area contributed by atoms with Gasteiger partial charge in [0, 0.05) is 25.6 Å². The van der Waals surface area contributed by atoms with Gasteiger partial charge in [-0.3, -0.25) is 14.5 Å². The number of hydrogen-bond acceptors (Lipinski definition) is 4. The van der Waals surface area contributed by atoms with Crippen molar-refractivity contribution >= 4 is 17.8 Å². The topological polar surface area (TPSA) is 90.5 Å². The highest BCUT2D eigenvalue weighted by molar-refractivity contribution is 6.06. The van der Waals surface area contributed by atoms with E-state index >= 15 is 0 Å². The fourth-order valence-corrected chi connectivity index (χ4v) is 2.69. The molecule has 1 atom stereocenters. The molecule has 0 spiro atoms. The molecule has 0 bridgehead atoms. The highest BCUT2D eigenvalue weighted by Crippen LogP contribution is 2.17. The van der Waals surface area contributed by atoms with Crippen LogP contribution in [0.3, 0.4) is 0 Å². The van der Waals surface area contributed by atoms with Crippen molar-refractivity contribution in [3.8, 4) is 0 Å². The summed E-state index contributed by atoms with van der Waals surface area (Å²) < 4.78 is 0. The average molecular weight is 296 g/mol. The fraction of sp³-hybridized carbons (Fsp3) is 0.786. The highest BCUT2D eigenvalue weighted by Gasteiger charge is 2.43. The Hall–Kier alpha value is -1.63. The van der Waals surface area contributed by atoms with Gasteiger partial charge in [0.05, 0.1) is 0 Å². The second-order valence-corrected chi connectivity index (χ2v) is 6.23. The smallest absolute Gasteiger partial charge is 0.325 e. The van der Waals surface area contributed by atoms with Crippen LogP contribution in [0.15, 0.2) is 0 Å². The monoisotopic (exact) mass is 296 g/mol. The third-order valence-electron chi connectivity index (χ3n) is 3.89. The minimum absolute atomic E-state index is 0.0185. The van der Waals surface area contributed by atoms with E-state index in [0.29, 0.717) is 12.8 Å². The zero-order valence-corrected chi connectivity index (χ0v) is 12.7. The van der Waals surface area contributed by atoms with Gasteiger partial charge in [-0.15, -0.1) is 0 Å². The molecule has 3 N–H and O–H groups in total. The molecule has 21 heavy (non-hydrogen) atoms. The molecule has 7 nitrogen and oxygen atoms in total. The van der Waals surface area contributed by atoms with Gasteiger partial charge in [0.1, 0.15) is 5.54 Å². The van der Waals surface area contributed by atoms with E-state index in [2.05, 4.69) is 16.0 Å². The summed E-state index contributed by atoms with van der Waals surface area (Å²) in [5.41, 5.74) is -0.840. The number of urea groups is 1. The van der Waals surface area contributed by atoms with Crippen molar-refractivity contribution < 1.29 is 14.4 Å². The first kappa shape index (κ1) is 15.8. The third kappa shape index (κ3) is 3.93. The van der Waals surface area contributed by atoms with Crippen LogP contribution in [0.2, 0.25) is 0 Å². The predicted octanol–water partition coefficient (Wildman–Crippen LogP) is -0.0348. The summed E-state index contributed by atoms with van der Waals surface area (Å²) in [7, 11) is 0. The van der Waals surface area contributed by atoms with Gasteiger partial charge in [0.2, 0.25) is 5.91 Å². The van der Waals surface area contributed by atoms with E-state index < -0.39 is 5.54 Å². The Morgan fingerprint density at radius 2 is 2.19 bits per heavy atom. The summed E-state index contributed by atoms with van der Waals surface area (Å²) in [6.07, 6.45) is 2.89. The van der Waals surface area contributed by atoms with Gasteiger partial charge in [-0.1, -0.05) is 0 Å². The number of carbonyl (C=O) groups is 3. The molecule has 1 unspecified atom stereocenters. The summed E-state index contributed by atoms with van der Waals surface area (Å²) in [5.74, 6) is -0.251. The van der Waals surface area contributed by atoms with Gasteiger partial charge in [-0.05, 0) is 39.7 Å². The molecule has 0 aromatic carbocycles. The molecule has 0 aliphatic carbocycles. The van der Waals surface area contributed by atoms with Gasteiger partial charge in [-0.2, -0.15) is 0 Å². The number of amides is 4. The summed E-state index contributed by atoms with van der Waals surface area (Å²) in [6.45, 7) is 5.46. The molecule has 0 radical (unpaired) electrons. The molecule has 0 aromatic rings. The molecular weight excluding hydrogens is 272 g/mol. The van der Waals surface area contributed by atoms with E-state index in [4.69, 9.17) is 0 Å². The van der Waals surface area contributed by atoms with E-state index in [1.807, 2.05) is 0 Å². The zero-order chi connectivity index (χ0) is 15.5. The van der Waals surface area contributed by atoms with Crippen LogP contribution in [0.5, 0.6) is 0 Å². The number of imide groups is 1. The first-order chi connectivity index (χ1) is 9.90. The van der Waals surface area contributed by atoms with Crippen LogP contribution >= 0.6 is 0 Å². The molecule has 2 saturated heterocycles. The molecule has 2 heterocycles. The van der Waals surface area contributed by atoms with Gasteiger partial charge in [-0.25, -0.2) is 4.79 Å². The summed E-state index contributed by atoms with van der Waals surface area (Å²) in [5, 5.41) is 8.84. The molecule has 0 saturated carbocycles. The SMILES string of the molecule is CC1(C)NC(=O)N(CCCC(=O)NC2CCCNC2)C1=O. The first-order valence-corrected chi connectivity index (χ1v) is 7.54. The van der Waals surface area contributed by atoms with Crippen molar-refractivity contribution in [1.82, 2.24) is 20.9 Å². The van der Waals surface area contributed by atoms with Gasteiger partial charge in [0.15, 0.2) is 0 Å². The second-order valence-electron chi connectivity index (χ2n) is 6.23. The van der Waals surface area contributed by atoms with Crippen molar-refractivity contribution in [3.63, 3.8) is 0 Å². The summed E-state index contributed by atoms with van der Waals surface area (Å²) >= 11 is 0. The number of nitrogens with zero attached hydrogens (tertiary/aromatic N) is 1. The van der Waals surface area contributed by atoms with Crippen molar-refractivity contribution in [2.75, 3.05) is 19.6 Å². The van der Waals surface area contributed by atoms with E-state index in [1.165, 1.54) is 4.90 Å². The molecule has 4 amide bonds. The molecule has 2 aliphatic heterocycles. The van der Waals surface area contributed by atoms with Crippen LogP contribution in [0.1, 0.15) is 39.5 Å². The maximum Gasteiger partial charge on any atom is 0.325 e. The average Bonchev–Trinajstić information content (AvgIpc) is 2.61. The Morgan fingerprint density at radius 1 is 1.43 bits per heavy atom. The van der Waals surface area contributed by atoms with Crippen LogP contribution in [-0.2, 0) is 9.59 Å². The van der Waals surface area contributed by atoms with Crippen molar-refractivity contribution in [2.45, 2.75) is 51.1 Å². The van der Waals surface area contributed by atoms with Crippen LogP contribution in [-0.4, -0.2) is 54.0 Å². The lowest BCUT2D eigenvalue weighted by molar-refractivity contribution is -0.130. The van der Waals surface area contributed by atoms with Crippen molar-refractivity contribution in [3.05, 3.63) is 0 Å². The van der Waals surface area contributed by atoms with Gasteiger partial charge in [0.25, 0.3) is 5.91 Å². The first-order valence-electron chi connectivity index (χ1n) is 7.54. The molecule has 2 fully saturated rings. The Balaban J connectivity index is 1.70. The Kier molecular flexibility index (Phi) is 4.82. The summed E-state index contributed by atoms with van der Waals surface area (Å²) in [4.78, 5) is 36.7. The van der Waals surface area contributed by atoms with E-state index in [-0.39, 0.29) is 30.4 Å². The Labute approximate surface area is 124 Å². The molecule has 2 rings (SSSR count). The largest absolute Gasteiger partial charge is 0.352 e. The highest BCUT2D eigenvalue weighted by atomic mass is 16.2. The van der Waals surface area contributed by atoms with Crippen LogP contribution in [0.25, 0.3) is 0 Å². The minimum atomic E-state index is -0.840. The standard InChI is InChI=1S/C14H24N4O3/c1-14(2)12(20)18(13(21)17-14)8-4-6-11(19)16-10-5-3-7-15-9-10/h10,15H,3-9H2,1-2H3,(H,16,19)(H,17,21). The van der Waals surface area contributed by atoms with E-state index in [9.17, 15) is 14.4 Å². The molecule has 2 aliphatic rings. The number of rotatable bonds is 5. The Morgan fingerprint density at radius 3 is 2.76 bits per heavy atom. The molecular formula is C14H24N4O3. The lowest BCUT2D eigenvalue weighted by Gasteiger charge is -2.24. The van der Waals surface area contributed by atoms with Crippen LogP contribution in [0, 0.1) is 0 Å². The van der Waals surface area contributed by atoms with Crippen molar-refractivity contribution in [2.24, 2.45) is 0 Å². The van der Waals surface area contributed by atoms with Gasteiger partial charge >= 0.3 is 6.03 Å². The zero-order valence-electron chi connectivity index (χ0n) is 12.7. The lowest BCUT2D eigenvalue weighted by Crippen LogP contribution is -2.45. The van der Waals surface area contributed by atoms with Crippen LogP contribution < -0.4 is 16.0 Å². The quantitative estimate of drug-likeness (QED) is 0.621. The van der Waals surface area contributed by atoms with E-state index in [0.717, 1.165) is 25.9 Å². The van der Waals surface area contributed by atoms with Crippen molar-refractivity contribution in [1.29, 1.82) is 0 Å². The maximum atomic E-state index is 12.0. The number of carbonyl (C=O) groups excluding carboxylic acids is 3. The normalized spacial score (nSPS) is 24.9. The van der Waals surface area contributed by atoms with E-state index in [1.54, 1.807) is 13.8 Å². The minimum Gasteiger partial charge on any atom is -0.352 e. The fourth-order valence-electron chi connectivity index (χ4n) is 2.69. The number of piperidine rings is 1. The number of hydrogen-bond donors (Lipinski definition) is 3.